The summed E-state index contributed by atoms with van der Waals surface area (Å²) in [6.45, 7) is 2.97. The summed E-state index contributed by atoms with van der Waals surface area (Å²) in [5.74, 6) is 0.891. The largest absolute Gasteiger partial charge is 0.497 e. The molecule has 0 bridgehead atoms. The van der Waals surface area contributed by atoms with Crippen LogP contribution in [0.1, 0.15) is 39.0 Å². The highest BCUT2D eigenvalue weighted by Crippen LogP contribution is 2.23. The van der Waals surface area contributed by atoms with Crippen LogP contribution in [0.25, 0.3) is 0 Å². The van der Waals surface area contributed by atoms with Crippen LogP contribution in [-0.4, -0.2) is 44.9 Å². The molecule has 31 heavy (non-hydrogen) atoms. The van der Waals surface area contributed by atoms with E-state index in [9.17, 15) is 13.2 Å². The minimum Gasteiger partial charge on any atom is -0.497 e. The van der Waals surface area contributed by atoms with Gasteiger partial charge in [-0.2, -0.15) is 4.31 Å². The summed E-state index contributed by atoms with van der Waals surface area (Å²) in [4.78, 5) is 12.9. The fraction of sp³-hybridized carbons (Fsp3) is 0.435. The van der Waals surface area contributed by atoms with E-state index in [0.717, 1.165) is 25.7 Å². The molecule has 1 aliphatic heterocycles. The first kappa shape index (κ1) is 23.1. The number of anilines is 1. The van der Waals surface area contributed by atoms with E-state index in [1.165, 1.54) is 0 Å². The lowest BCUT2D eigenvalue weighted by Crippen LogP contribution is -2.32. The lowest BCUT2D eigenvalue weighted by Gasteiger charge is -2.20. The van der Waals surface area contributed by atoms with Gasteiger partial charge >= 0.3 is 0 Å². The predicted molar refractivity (Wildman–Crippen MR) is 120 cm³/mol. The molecular weight excluding hydrogens is 416 g/mol. The number of carbonyl (C=O) groups excluding carboxylic acids is 1. The van der Waals surface area contributed by atoms with Crippen LogP contribution >= 0.6 is 0 Å². The van der Waals surface area contributed by atoms with E-state index >= 15 is 0 Å². The quantitative estimate of drug-likeness (QED) is 0.661. The molecule has 1 amide bonds. The van der Waals surface area contributed by atoms with Gasteiger partial charge in [-0.1, -0.05) is 25.8 Å². The number of hydrogen-bond donors (Lipinski definition) is 1. The van der Waals surface area contributed by atoms with E-state index < -0.39 is 16.1 Å². The fourth-order valence-corrected chi connectivity index (χ4v) is 5.04. The van der Waals surface area contributed by atoms with Crippen LogP contribution in [-0.2, 0) is 14.8 Å². The van der Waals surface area contributed by atoms with Gasteiger partial charge in [0.15, 0.2) is 6.10 Å². The molecule has 2 aromatic rings. The third-order valence-corrected chi connectivity index (χ3v) is 7.22. The molecular formula is C23H30N2O5S. The van der Waals surface area contributed by atoms with E-state index in [1.807, 2.05) is 6.92 Å². The molecule has 8 heteroatoms. The fourth-order valence-electron chi connectivity index (χ4n) is 3.53. The molecule has 7 nitrogen and oxygen atoms in total. The normalized spacial score (nSPS) is 16.2. The predicted octanol–water partition coefficient (Wildman–Crippen LogP) is 4.06. The molecule has 0 aliphatic carbocycles. The summed E-state index contributed by atoms with van der Waals surface area (Å²) >= 11 is 0. The Morgan fingerprint density at radius 3 is 2.29 bits per heavy atom. The van der Waals surface area contributed by atoms with Crippen LogP contribution in [0.3, 0.4) is 0 Å². The Balaban J connectivity index is 1.65. The van der Waals surface area contributed by atoms with Gasteiger partial charge in [0.2, 0.25) is 10.0 Å². The van der Waals surface area contributed by atoms with Crippen molar-refractivity contribution in [1.82, 2.24) is 4.31 Å². The number of nitrogens with one attached hydrogen (secondary N) is 1. The monoisotopic (exact) mass is 446 g/mol. The second kappa shape index (κ2) is 10.6. The van der Waals surface area contributed by atoms with Crippen LogP contribution in [0.5, 0.6) is 11.5 Å². The Hall–Kier alpha value is -2.58. The maximum absolute atomic E-state index is 12.9. The minimum absolute atomic E-state index is 0.243. The van der Waals surface area contributed by atoms with Crippen LogP contribution in [0.2, 0.25) is 0 Å². The van der Waals surface area contributed by atoms with E-state index in [-0.39, 0.29) is 10.8 Å². The molecule has 0 radical (unpaired) electrons. The van der Waals surface area contributed by atoms with Crippen molar-refractivity contribution >= 4 is 21.6 Å². The number of rotatable bonds is 8. The maximum Gasteiger partial charge on any atom is 0.265 e. The Kier molecular flexibility index (Phi) is 7.92. The van der Waals surface area contributed by atoms with Gasteiger partial charge in [0.05, 0.1) is 12.0 Å². The second-order valence-electron chi connectivity index (χ2n) is 7.53. The van der Waals surface area contributed by atoms with Crippen molar-refractivity contribution in [1.29, 1.82) is 0 Å². The first-order chi connectivity index (χ1) is 14.9. The Labute approximate surface area is 184 Å². The summed E-state index contributed by atoms with van der Waals surface area (Å²) in [5.41, 5.74) is 0.521. The summed E-state index contributed by atoms with van der Waals surface area (Å²) in [5, 5.41) is 2.81. The smallest absolute Gasteiger partial charge is 0.265 e. The van der Waals surface area contributed by atoms with Crippen molar-refractivity contribution in [2.24, 2.45) is 0 Å². The second-order valence-corrected chi connectivity index (χ2v) is 9.46. The van der Waals surface area contributed by atoms with Gasteiger partial charge < -0.3 is 14.8 Å². The molecule has 1 atom stereocenters. The number of hydrogen-bond acceptors (Lipinski definition) is 5. The molecule has 0 spiro atoms. The lowest BCUT2D eigenvalue weighted by atomic mass is 10.2. The molecule has 1 fully saturated rings. The highest BCUT2D eigenvalue weighted by molar-refractivity contribution is 7.89. The highest BCUT2D eigenvalue weighted by Gasteiger charge is 2.25. The zero-order valence-corrected chi connectivity index (χ0v) is 18.9. The van der Waals surface area contributed by atoms with Crippen LogP contribution < -0.4 is 14.8 Å². The Morgan fingerprint density at radius 1 is 1.03 bits per heavy atom. The van der Waals surface area contributed by atoms with Crippen molar-refractivity contribution < 1.29 is 22.7 Å². The number of ether oxygens (including phenoxy) is 2. The van der Waals surface area contributed by atoms with Crippen molar-refractivity contribution in [2.75, 3.05) is 25.5 Å². The number of methoxy groups -OCH3 is 1. The lowest BCUT2D eigenvalue weighted by molar-refractivity contribution is -0.122. The van der Waals surface area contributed by atoms with Crippen molar-refractivity contribution in [3.05, 3.63) is 48.5 Å². The molecule has 168 valence electrons. The summed E-state index contributed by atoms with van der Waals surface area (Å²) in [6.07, 6.45) is 3.69. The van der Waals surface area contributed by atoms with E-state index in [1.54, 1.807) is 59.9 Å². The molecule has 1 N–H and O–H groups in total. The van der Waals surface area contributed by atoms with Crippen molar-refractivity contribution in [3.63, 3.8) is 0 Å². The van der Waals surface area contributed by atoms with Gasteiger partial charge in [-0.15, -0.1) is 0 Å². The molecule has 1 heterocycles. The van der Waals surface area contributed by atoms with Gasteiger partial charge in [-0.3, -0.25) is 4.79 Å². The number of nitrogens with zero attached hydrogens (tertiary/aromatic N) is 1. The molecule has 3 rings (SSSR count). The minimum atomic E-state index is -3.51. The number of sulfonamides is 1. The third kappa shape index (κ3) is 5.98. The first-order valence-electron chi connectivity index (χ1n) is 10.7. The van der Waals surface area contributed by atoms with Crippen LogP contribution in [0, 0.1) is 0 Å². The summed E-state index contributed by atoms with van der Waals surface area (Å²) in [7, 11) is -1.95. The number of carbonyl (C=O) groups is 1. The summed E-state index contributed by atoms with van der Waals surface area (Å²) in [6, 6.07) is 13.4. The van der Waals surface area contributed by atoms with Gasteiger partial charge in [0.1, 0.15) is 11.5 Å². The van der Waals surface area contributed by atoms with Crippen molar-refractivity contribution in [3.8, 4) is 11.5 Å². The molecule has 2 aromatic carbocycles. The van der Waals surface area contributed by atoms with Gasteiger partial charge in [0, 0.05) is 24.8 Å². The van der Waals surface area contributed by atoms with Gasteiger partial charge in [-0.05, 0) is 55.7 Å². The first-order valence-corrected chi connectivity index (χ1v) is 12.1. The Morgan fingerprint density at radius 2 is 1.68 bits per heavy atom. The molecule has 0 saturated carbocycles. The zero-order valence-electron chi connectivity index (χ0n) is 18.0. The van der Waals surface area contributed by atoms with E-state index in [2.05, 4.69) is 5.32 Å². The van der Waals surface area contributed by atoms with E-state index in [0.29, 0.717) is 36.7 Å². The summed E-state index contributed by atoms with van der Waals surface area (Å²) < 4.78 is 38.3. The molecule has 1 aliphatic rings. The molecule has 1 saturated heterocycles. The average molecular weight is 447 g/mol. The highest BCUT2D eigenvalue weighted by atomic mass is 32.2. The molecule has 0 aromatic heterocycles. The SMILES string of the molecule is CCC(Oc1cccc(OC)c1)C(=O)Nc1ccc(S(=O)(=O)N2CCCCCC2)cc1. The number of benzene rings is 2. The molecule has 1 unspecified atom stereocenters. The van der Waals surface area contributed by atoms with Crippen LogP contribution in [0.4, 0.5) is 5.69 Å². The zero-order chi connectivity index (χ0) is 22.3. The maximum atomic E-state index is 12.9. The van der Waals surface area contributed by atoms with Crippen molar-refractivity contribution in [2.45, 2.75) is 50.0 Å². The van der Waals surface area contributed by atoms with Gasteiger partial charge in [-0.25, -0.2) is 8.42 Å². The average Bonchev–Trinajstić information content (AvgIpc) is 3.08. The van der Waals surface area contributed by atoms with Crippen LogP contribution in [0.15, 0.2) is 53.4 Å². The topological polar surface area (TPSA) is 84.9 Å². The Bertz CT molecular complexity index is 968. The third-order valence-electron chi connectivity index (χ3n) is 5.31. The standard InChI is InChI=1S/C23H30N2O5S/c1-3-22(30-20-10-8-9-19(17-20)29-2)23(26)24-18-11-13-21(14-12-18)31(27,28)25-15-6-4-5-7-16-25/h8-14,17,22H,3-7,15-16H2,1-2H3,(H,24,26). The number of amides is 1. The van der Waals surface area contributed by atoms with Gasteiger partial charge in [0.25, 0.3) is 5.91 Å². The van der Waals surface area contributed by atoms with E-state index in [4.69, 9.17) is 9.47 Å².